The lowest BCUT2D eigenvalue weighted by Crippen LogP contribution is -2.41. The summed E-state index contributed by atoms with van der Waals surface area (Å²) in [6, 6.07) is 28.6. The predicted molar refractivity (Wildman–Crippen MR) is 210 cm³/mol. The van der Waals surface area contributed by atoms with Gasteiger partial charge in [0.2, 0.25) is 0 Å². The number of hydrogen-bond acceptors (Lipinski definition) is 11. The molecule has 14 heteroatoms. The largest absolute Gasteiger partial charge is 0.497 e. The second kappa shape index (κ2) is 19.0. The fourth-order valence-corrected chi connectivity index (χ4v) is 8.47. The number of nitriles is 1. The number of ether oxygens (including phenoxy) is 4. The Balaban J connectivity index is 1.62. The van der Waals surface area contributed by atoms with Crippen LogP contribution in [0.5, 0.6) is 11.5 Å². The Morgan fingerprint density at radius 1 is 0.909 bits per heavy atom. The highest BCUT2D eigenvalue weighted by Gasteiger charge is 2.51. The minimum Gasteiger partial charge on any atom is -0.497 e. The summed E-state index contributed by atoms with van der Waals surface area (Å²) in [5.74, 6) is 1.76. The Hall–Kier alpha value is -4.41. The van der Waals surface area contributed by atoms with E-state index in [1.54, 1.807) is 39.3 Å². The number of rotatable bonds is 18. The fourth-order valence-electron chi connectivity index (χ4n) is 6.70. The Morgan fingerprint density at radius 3 is 1.96 bits per heavy atom. The zero-order valence-electron chi connectivity index (χ0n) is 32.7. The van der Waals surface area contributed by atoms with Gasteiger partial charge in [-0.3, -0.25) is 4.57 Å². The molecule has 1 unspecified atom stereocenters. The lowest BCUT2D eigenvalue weighted by atomic mass is 9.80. The number of halogens is 1. The normalized spacial score (nSPS) is 19.1. The summed E-state index contributed by atoms with van der Waals surface area (Å²) in [6.07, 6.45) is -3.90. The number of nitrogens with zero attached hydrogens (tertiary/aromatic N) is 5. The summed E-state index contributed by atoms with van der Waals surface area (Å²) < 4.78 is 57.8. The quantitative estimate of drug-likeness (QED) is 0.0579. The van der Waals surface area contributed by atoms with Crippen molar-refractivity contribution in [2.75, 3.05) is 46.4 Å². The van der Waals surface area contributed by atoms with Crippen LogP contribution < -0.4 is 20.1 Å². The lowest BCUT2D eigenvalue weighted by Gasteiger charge is -2.39. The number of methoxy groups -OCH3 is 2. The summed E-state index contributed by atoms with van der Waals surface area (Å²) in [5.41, 5.74) is 0.454. The second-order valence-electron chi connectivity index (χ2n) is 13.8. The maximum Gasteiger partial charge on any atom is 0.351 e. The van der Waals surface area contributed by atoms with Gasteiger partial charge < -0.3 is 32.9 Å². The van der Waals surface area contributed by atoms with Gasteiger partial charge in [-0.05, 0) is 74.7 Å². The average molecular weight is 776 g/mol. The molecule has 1 fully saturated rings. The van der Waals surface area contributed by atoms with Crippen LogP contribution in [0.3, 0.4) is 0 Å². The summed E-state index contributed by atoms with van der Waals surface area (Å²) >= 11 is 0. The van der Waals surface area contributed by atoms with E-state index in [9.17, 15) is 10.1 Å². The van der Waals surface area contributed by atoms with Crippen LogP contribution in [0.2, 0.25) is 0 Å². The number of aromatic nitrogens is 2. The van der Waals surface area contributed by atoms with Gasteiger partial charge in [0.05, 0.1) is 39.9 Å². The topological polar surface area (TPSA) is 121 Å². The van der Waals surface area contributed by atoms with E-state index in [0.29, 0.717) is 17.3 Å². The average Bonchev–Trinajstić information content (AvgIpc) is 3.49. The van der Waals surface area contributed by atoms with Crippen molar-refractivity contribution in [2.45, 2.75) is 76.4 Å². The van der Waals surface area contributed by atoms with E-state index in [4.69, 9.17) is 28.0 Å². The maximum atomic E-state index is 17.1. The van der Waals surface area contributed by atoms with Crippen LogP contribution in [-0.4, -0.2) is 86.2 Å². The smallest absolute Gasteiger partial charge is 0.351 e. The maximum absolute atomic E-state index is 17.1. The van der Waals surface area contributed by atoms with E-state index in [2.05, 4.69) is 11.1 Å². The summed E-state index contributed by atoms with van der Waals surface area (Å²) in [6.45, 7) is 7.94. The molecule has 0 radical (unpaired) electrons. The van der Waals surface area contributed by atoms with E-state index >= 15 is 4.39 Å². The van der Waals surface area contributed by atoms with E-state index in [1.807, 2.05) is 111 Å². The standard InChI is InChI=1S/C41H51FN5O7P/c1-28(2)47(29(3)4)55(52-26-12-24-43)54-38-35(53-39(37(38)42)46-25-23-36(45(5)6)44-40(46)48)27-51-41(30-13-10-9-11-14-30,31-15-19-33(49-7)20-16-31)32-17-21-34(50-8)22-18-32/h9-11,13-23,25,28-29,35,37-39H,12,26-27H2,1-8H3/t35-,37-,38-,39-,55?/m1/s1. The molecule has 12 nitrogen and oxygen atoms in total. The first-order valence-electron chi connectivity index (χ1n) is 18.2. The molecular weight excluding hydrogens is 724 g/mol. The molecule has 294 valence electrons. The highest BCUT2D eigenvalue weighted by molar-refractivity contribution is 7.44. The molecule has 0 aliphatic carbocycles. The van der Waals surface area contributed by atoms with Crippen molar-refractivity contribution < 1.29 is 32.4 Å². The summed E-state index contributed by atoms with van der Waals surface area (Å²) in [5, 5.41) is 9.30. The summed E-state index contributed by atoms with van der Waals surface area (Å²) in [7, 11) is 4.84. The van der Waals surface area contributed by atoms with Crippen molar-refractivity contribution in [3.05, 3.63) is 118 Å². The number of alkyl halides is 1. The molecule has 4 aromatic rings. The fraction of sp³-hybridized carbons (Fsp3) is 0.439. The van der Waals surface area contributed by atoms with Crippen LogP contribution in [0.4, 0.5) is 10.2 Å². The predicted octanol–water partition coefficient (Wildman–Crippen LogP) is 7.23. The molecule has 0 spiro atoms. The number of hydrogen-bond donors (Lipinski definition) is 0. The number of benzene rings is 3. The van der Waals surface area contributed by atoms with Gasteiger partial charge in [0.1, 0.15) is 35.1 Å². The zero-order chi connectivity index (χ0) is 39.7. The molecule has 0 saturated carbocycles. The van der Waals surface area contributed by atoms with Gasteiger partial charge >= 0.3 is 5.69 Å². The van der Waals surface area contributed by atoms with E-state index in [1.165, 1.54) is 6.20 Å². The van der Waals surface area contributed by atoms with E-state index in [-0.39, 0.29) is 31.7 Å². The SMILES string of the molecule is COc1ccc(C(OC[C@H]2O[C@@H](n3ccc(N(C)C)nc3=O)[C@H](F)[C@@H]2OP(OCCC#N)N(C(C)C)C(C)C)(c2ccccc2)c2ccc(OC)cc2)cc1. The van der Waals surface area contributed by atoms with Crippen molar-refractivity contribution in [1.82, 2.24) is 14.2 Å². The van der Waals surface area contributed by atoms with Gasteiger partial charge in [0.25, 0.3) is 8.53 Å². The van der Waals surface area contributed by atoms with Crippen molar-refractivity contribution in [1.29, 1.82) is 5.26 Å². The highest BCUT2D eigenvalue weighted by atomic mass is 31.2. The lowest BCUT2D eigenvalue weighted by molar-refractivity contribution is -0.0934. The molecule has 2 heterocycles. The third kappa shape index (κ3) is 9.35. The Kier molecular flexibility index (Phi) is 14.4. The van der Waals surface area contributed by atoms with Crippen LogP contribution in [0.25, 0.3) is 0 Å². The molecule has 0 bridgehead atoms. The monoisotopic (exact) mass is 775 g/mol. The number of anilines is 1. The minimum absolute atomic E-state index is 0.0413. The van der Waals surface area contributed by atoms with Gasteiger partial charge in [-0.25, -0.2) is 13.9 Å². The minimum atomic E-state index is -1.90. The Morgan fingerprint density at radius 2 is 1.47 bits per heavy atom. The third-order valence-corrected chi connectivity index (χ3v) is 11.5. The van der Waals surface area contributed by atoms with Crippen LogP contribution in [0.15, 0.2) is 95.9 Å². The first kappa shape index (κ1) is 41.7. The highest BCUT2D eigenvalue weighted by Crippen LogP contribution is 2.51. The molecule has 1 aliphatic rings. The summed E-state index contributed by atoms with van der Waals surface area (Å²) in [4.78, 5) is 19.2. The van der Waals surface area contributed by atoms with Crippen LogP contribution in [0.1, 0.15) is 57.0 Å². The van der Waals surface area contributed by atoms with Gasteiger partial charge in [0, 0.05) is 32.4 Å². The molecular formula is C41H51FN5O7P. The first-order valence-corrected chi connectivity index (χ1v) is 19.4. The van der Waals surface area contributed by atoms with E-state index < -0.39 is 44.4 Å². The van der Waals surface area contributed by atoms with Crippen molar-refractivity contribution in [2.24, 2.45) is 0 Å². The van der Waals surface area contributed by atoms with Gasteiger partial charge in [-0.1, -0.05) is 54.6 Å². The van der Waals surface area contributed by atoms with E-state index in [0.717, 1.165) is 21.3 Å². The van der Waals surface area contributed by atoms with Gasteiger partial charge in [-0.15, -0.1) is 0 Å². The molecule has 1 saturated heterocycles. The van der Waals surface area contributed by atoms with Gasteiger partial charge in [-0.2, -0.15) is 10.2 Å². The van der Waals surface area contributed by atoms with Crippen molar-refractivity contribution in [3.8, 4) is 17.6 Å². The molecule has 0 amide bonds. The second-order valence-corrected chi connectivity index (χ2v) is 15.2. The van der Waals surface area contributed by atoms with Crippen LogP contribution >= 0.6 is 8.53 Å². The zero-order valence-corrected chi connectivity index (χ0v) is 33.6. The first-order chi connectivity index (χ1) is 26.4. The molecule has 5 atom stereocenters. The van der Waals surface area contributed by atoms with Crippen LogP contribution in [0, 0.1) is 11.3 Å². The van der Waals surface area contributed by atoms with Crippen molar-refractivity contribution in [3.63, 3.8) is 0 Å². The molecule has 3 aromatic carbocycles. The molecule has 1 aliphatic heterocycles. The third-order valence-electron chi connectivity index (χ3n) is 9.33. The molecule has 1 aromatic heterocycles. The Bertz CT molecular complexity index is 1850. The van der Waals surface area contributed by atoms with Crippen molar-refractivity contribution >= 4 is 14.3 Å². The molecule has 55 heavy (non-hydrogen) atoms. The van der Waals surface area contributed by atoms with Crippen LogP contribution in [-0.2, 0) is 24.1 Å². The Labute approximate surface area is 324 Å². The molecule has 5 rings (SSSR count). The van der Waals surface area contributed by atoms with Gasteiger partial charge in [0.15, 0.2) is 12.4 Å². The molecule has 0 N–H and O–H groups in total.